The Morgan fingerprint density at radius 2 is 1.75 bits per heavy atom. The van der Waals surface area contributed by atoms with E-state index in [4.69, 9.17) is 11.6 Å². The molecule has 0 fully saturated rings. The maximum absolute atomic E-state index is 12.0. The quantitative estimate of drug-likeness (QED) is 0.367. The summed E-state index contributed by atoms with van der Waals surface area (Å²) in [4.78, 5) is 22.3. The van der Waals surface area contributed by atoms with Gasteiger partial charge < -0.3 is 0 Å². The average molecular weight is 288 g/mol. The summed E-state index contributed by atoms with van der Waals surface area (Å²) in [5.41, 5.74) is 0.531. The van der Waals surface area contributed by atoms with Crippen LogP contribution in [0.1, 0.15) is 15.9 Å². The normalized spacial score (nSPS) is 10.7. The van der Waals surface area contributed by atoms with Gasteiger partial charge in [-0.15, -0.1) is 0 Å². The number of nitro benzene ring substituents is 1. The minimum Gasteiger partial charge on any atom is -0.289 e. The van der Waals surface area contributed by atoms with Gasteiger partial charge in [-0.25, -0.2) is 0 Å². The molecule has 0 spiro atoms. The first-order valence-corrected chi connectivity index (χ1v) is 6.18. The van der Waals surface area contributed by atoms with Gasteiger partial charge in [0.05, 0.1) is 10.5 Å². The Morgan fingerprint density at radius 1 is 1.10 bits per heavy atom. The van der Waals surface area contributed by atoms with Crippen molar-refractivity contribution >= 4 is 29.1 Å². The second-order valence-corrected chi connectivity index (χ2v) is 4.40. The summed E-state index contributed by atoms with van der Waals surface area (Å²) < 4.78 is 0. The fourth-order valence-electron chi connectivity index (χ4n) is 1.71. The van der Waals surface area contributed by atoms with Crippen LogP contribution in [0.3, 0.4) is 0 Å². The fourth-order valence-corrected chi connectivity index (χ4v) is 1.91. The van der Waals surface area contributed by atoms with Crippen LogP contribution < -0.4 is 0 Å². The summed E-state index contributed by atoms with van der Waals surface area (Å²) in [6, 6.07) is 12.9. The number of halogens is 1. The zero-order valence-electron chi connectivity index (χ0n) is 10.3. The summed E-state index contributed by atoms with van der Waals surface area (Å²) in [5, 5.41) is 11.4. The lowest BCUT2D eigenvalue weighted by Crippen LogP contribution is -2.00. The first kappa shape index (κ1) is 14.0. The van der Waals surface area contributed by atoms with Crippen LogP contribution in [0.15, 0.2) is 54.6 Å². The number of ketones is 1. The number of benzene rings is 2. The molecule has 0 aromatic heterocycles. The van der Waals surface area contributed by atoms with E-state index in [2.05, 4.69) is 0 Å². The molecule has 0 saturated heterocycles. The van der Waals surface area contributed by atoms with E-state index < -0.39 is 10.7 Å². The molecular weight excluding hydrogens is 278 g/mol. The molecule has 2 aromatic rings. The van der Waals surface area contributed by atoms with Crippen LogP contribution >= 0.6 is 11.6 Å². The molecule has 0 radical (unpaired) electrons. The van der Waals surface area contributed by atoms with E-state index in [1.165, 1.54) is 24.3 Å². The number of para-hydroxylation sites is 1. The van der Waals surface area contributed by atoms with Crippen LogP contribution in [0.5, 0.6) is 0 Å². The lowest BCUT2D eigenvalue weighted by Gasteiger charge is -1.99. The third-order valence-corrected chi connectivity index (χ3v) is 3.03. The first-order chi connectivity index (χ1) is 9.59. The topological polar surface area (TPSA) is 60.2 Å². The maximum Gasteiger partial charge on any atom is 0.280 e. The highest BCUT2D eigenvalue weighted by atomic mass is 35.5. The molecule has 100 valence electrons. The van der Waals surface area contributed by atoms with Crippen molar-refractivity contribution in [3.63, 3.8) is 0 Å². The zero-order chi connectivity index (χ0) is 14.5. The molecule has 0 bridgehead atoms. The Kier molecular flexibility index (Phi) is 4.27. The van der Waals surface area contributed by atoms with Crippen molar-refractivity contribution < 1.29 is 9.72 Å². The largest absolute Gasteiger partial charge is 0.289 e. The van der Waals surface area contributed by atoms with E-state index in [-0.39, 0.29) is 11.3 Å². The second-order valence-electron chi connectivity index (χ2n) is 3.99. The average Bonchev–Trinajstić information content (AvgIpc) is 2.46. The van der Waals surface area contributed by atoms with Crippen LogP contribution in [0, 0.1) is 10.1 Å². The van der Waals surface area contributed by atoms with Crippen LogP contribution in [-0.2, 0) is 0 Å². The smallest absolute Gasteiger partial charge is 0.280 e. The van der Waals surface area contributed by atoms with Gasteiger partial charge in [0.15, 0.2) is 5.78 Å². The molecule has 5 heteroatoms. The van der Waals surface area contributed by atoms with Gasteiger partial charge in [0.25, 0.3) is 5.69 Å². The highest BCUT2D eigenvalue weighted by Crippen LogP contribution is 2.20. The minimum atomic E-state index is -0.573. The van der Waals surface area contributed by atoms with Crippen molar-refractivity contribution in [2.45, 2.75) is 0 Å². The van der Waals surface area contributed by atoms with E-state index in [9.17, 15) is 14.9 Å². The highest BCUT2D eigenvalue weighted by molar-refractivity contribution is 6.32. The van der Waals surface area contributed by atoms with E-state index in [1.807, 2.05) is 0 Å². The van der Waals surface area contributed by atoms with Crippen molar-refractivity contribution in [1.29, 1.82) is 0 Å². The molecule has 0 aliphatic carbocycles. The van der Waals surface area contributed by atoms with Crippen molar-refractivity contribution in [1.82, 2.24) is 0 Å². The lowest BCUT2D eigenvalue weighted by atomic mass is 10.1. The zero-order valence-corrected chi connectivity index (χ0v) is 11.1. The van der Waals surface area contributed by atoms with Crippen molar-refractivity contribution in [2.75, 3.05) is 0 Å². The number of rotatable bonds is 4. The standard InChI is InChI=1S/C15H10ClNO3/c16-13-7-3-1-5-11(13)9-10-15(18)12-6-2-4-8-14(12)17(19)20/h1-10H/b10-9-. The van der Waals surface area contributed by atoms with Gasteiger partial charge in [-0.3, -0.25) is 14.9 Å². The van der Waals surface area contributed by atoms with Crippen molar-refractivity contribution in [2.24, 2.45) is 0 Å². The molecule has 0 saturated carbocycles. The number of hydrogen-bond acceptors (Lipinski definition) is 3. The van der Waals surface area contributed by atoms with Crippen LogP contribution in [0.25, 0.3) is 6.08 Å². The molecule has 0 aliphatic rings. The molecule has 20 heavy (non-hydrogen) atoms. The highest BCUT2D eigenvalue weighted by Gasteiger charge is 2.16. The van der Waals surface area contributed by atoms with Gasteiger partial charge in [0, 0.05) is 11.1 Å². The molecule has 0 atom stereocenters. The predicted octanol–water partition coefficient (Wildman–Crippen LogP) is 4.14. The molecule has 0 aliphatic heterocycles. The molecule has 0 amide bonds. The van der Waals surface area contributed by atoms with Gasteiger partial charge in [-0.1, -0.05) is 41.9 Å². The summed E-state index contributed by atoms with van der Waals surface area (Å²) in [6.07, 6.45) is 2.82. The molecule has 2 aromatic carbocycles. The monoisotopic (exact) mass is 287 g/mol. The van der Waals surface area contributed by atoms with Gasteiger partial charge in [0.2, 0.25) is 0 Å². The Balaban J connectivity index is 2.30. The van der Waals surface area contributed by atoms with Gasteiger partial charge in [0.1, 0.15) is 0 Å². The minimum absolute atomic E-state index is 0.0563. The van der Waals surface area contributed by atoms with E-state index >= 15 is 0 Å². The fraction of sp³-hybridized carbons (Fsp3) is 0. The Hall–Kier alpha value is -2.46. The number of nitrogens with zero attached hydrogens (tertiary/aromatic N) is 1. The summed E-state index contributed by atoms with van der Waals surface area (Å²) in [7, 11) is 0. The summed E-state index contributed by atoms with van der Waals surface area (Å²) in [5.74, 6) is -0.433. The van der Waals surface area contributed by atoms with E-state index in [0.717, 1.165) is 0 Å². The summed E-state index contributed by atoms with van der Waals surface area (Å²) in [6.45, 7) is 0. The van der Waals surface area contributed by atoms with E-state index in [1.54, 1.807) is 36.4 Å². The van der Waals surface area contributed by atoms with Crippen LogP contribution in [-0.4, -0.2) is 10.7 Å². The van der Waals surface area contributed by atoms with Crippen molar-refractivity contribution in [3.8, 4) is 0 Å². The maximum atomic E-state index is 12.0. The molecular formula is C15H10ClNO3. The number of nitro groups is 1. The molecule has 4 nitrogen and oxygen atoms in total. The molecule has 0 heterocycles. The van der Waals surface area contributed by atoms with Crippen molar-refractivity contribution in [3.05, 3.63) is 80.9 Å². The third-order valence-electron chi connectivity index (χ3n) is 2.69. The van der Waals surface area contributed by atoms with Gasteiger partial charge >= 0.3 is 0 Å². The Morgan fingerprint density at radius 3 is 2.45 bits per heavy atom. The number of allylic oxidation sites excluding steroid dienone is 1. The summed E-state index contributed by atoms with van der Waals surface area (Å²) >= 11 is 5.96. The molecule has 0 unspecified atom stereocenters. The predicted molar refractivity (Wildman–Crippen MR) is 77.9 cm³/mol. The van der Waals surface area contributed by atoms with Crippen LogP contribution in [0.2, 0.25) is 5.02 Å². The SMILES string of the molecule is O=C(/C=C\c1ccccc1Cl)c1ccccc1[N+](=O)[O-]. The Bertz CT molecular complexity index is 695. The lowest BCUT2D eigenvalue weighted by molar-refractivity contribution is -0.385. The Labute approximate surface area is 120 Å². The van der Waals surface area contributed by atoms with Crippen LogP contribution in [0.4, 0.5) is 5.69 Å². The van der Waals surface area contributed by atoms with Gasteiger partial charge in [-0.05, 0) is 29.8 Å². The van der Waals surface area contributed by atoms with Gasteiger partial charge in [-0.2, -0.15) is 0 Å². The van der Waals surface area contributed by atoms with E-state index in [0.29, 0.717) is 10.6 Å². The number of carbonyl (C=O) groups excluding carboxylic acids is 1. The first-order valence-electron chi connectivity index (χ1n) is 5.80. The number of hydrogen-bond donors (Lipinski definition) is 0. The second kappa shape index (κ2) is 6.12. The molecule has 2 rings (SSSR count). The third kappa shape index (κ3) is 3.10. The molecule has 0 N–H and O–H groups in total. The number of carbonyl (C=O) groups is 1.